The topological polar surface area (TPSA) is 82.3 Å². The first-order valence-electron chi connectivity index (χ1n) is 10.4. The average molecular weight is 512 g/mol. The van der Waals surface area contributed by atoms with Gasteiger partial charge in [0.2, 0.25) is 10.0 Å². The largest absolute Gasteiger partial charge is 0.321 e. The molecule has 2 N–H and O–H groups in total. The first-order chi connectivity index (χ1) is 16.2. The van der Waals surface area contributed by atoms with E-state index in [1.165, 1.54) is 0 Å². The van der Waals surface area contributed by atoms with Gasteiger partial charge in [0, 0.05) is 26.5 Å². The molecule has 1 atom stereocenters. The van der Waals surface area contributed by atoms with Gasteiger partial charge < -0.3 is 10.4 Å². The third-order valence-corrected chi connectivity index (χ3v) is 7.31. The molecule has 3 aromatic carbocycles. The third kappa shape index (κ3) is 4.01. The van der Waals surface area contributed by atoms with Gasteiger partial charge in [-0.15, -0.1) is 4.41 Å². The molecule has 0 unspecified atom stereocenters. The van der Waals surface area contributed by atoms with Crippen LogP contribution in [-0.4, -0.2) is 24.1 Å². The van der Waals surface area contributed by atoms with Gasteiger partial charge in [-0.05, 0) is 41.5 Å². The lowest BCUT2D eigenvalue weighted by Gasteiger charge is -2.23. The van der Waals surface area contributed by atoms with Crippen molar-refractivity contribution in [2.24, 2.45) is 0 Å². The second kappa shape index (κ2) is 8.60. The van der Waals surface area contributed by atoms with Gasteiger partial charge in [0.1, 0.15) is 0 Å². The molecule has 1 aliphatic heterocycles. The van der Waals surface area contributed by atoms with E-state index in [1.54, 1.807) is 48.5 Å². The maximum absolute atomic E-state index is 13.4. The number of halogens is 2. The number of hydrogen-bond acceptors (Lipinski definition) is 4. The Kier molecular flexibility index (Phi) is 5.73. The Balaban J connectivity index is 1.81. The summed E-state index contributed by atoms with van der Waals surface area (Å²) in [6.45, 7) is 0. The number of pyridine rings is 1. The minimum atomic E-state index is -3.72. The molecule has 0 spiro atoms. The first kappa shape index (κ1) is 22.7. The lowest BCUT2D eigenvalue weighted by atomic mass is 9.94. The van der Waals surface area contributed by atoms with E-state index in [0.29, 0.717) is 37.9 Å². The predicted octanol–water partition coefficient (Wildman–Crippen LogP) is 5.36. The van der Waals surface area contributed by atoms with E-state index in [0.717, 1.165) is 21.6 Å². The Morgan fingerprint density at radius 3 is 2.32 bits per heavy atom. The molecule has 1 aromatic heterocycles. The zero-order valence-electron chi connectivity index (χ0n) is 17.9. The van der Waals surface area contributed by atoms with Crippen LogP contribution in [0.15, 0.2) is 83.7 Å². The molecule has 0 radical (unpaired) electrons. The van der Waals surface area contributed by atoms with Crippen LogP contribution in [0.25, 0.3) is 27.7 Å². The molecule has 172 valence electrons. The fraction of sp³-hybridized carbons (Fsp3) is 0.0800. The molecule has 4 aromatic rings. The summed E-state index contributed by atoms with van der Waals surface area (Å²) in [6, 6.07) is 21.0. The van der Waals surface area contributed by atoms with Crippen LogP contribution in [0.3, 0.4) is 0 Å². The van der Waals surface area contributed by atoms with Crippen LogP contribution >= 0.6 is 23.2 Å². The number of aromatic nitrogens is 1. The summed E-state index contributed by atoms with van der Waals surface area (Å²) in [5.74, 6) is 0. The van der Waals surface area contributed by atoms with Gasteiger partial charge in [-0.25, -0.2) is 8.42 Å². The normalized spacial score (nSPS) is 16.4. The first-order valence-corrected chi connectivity index (χ1v) is 13.0. The van der Waals surface area contributed by atoms with Gasteiger partial charge in [-0.3, -0.25) is 4.79 Å². The molecule has 0 fully saturated rings. The van der Waals surface area contributed by atoms with E-state index in [2.05, 4.69) is 10.4 Å². The van der Waals surface area contributed by atoms with Crippen molar-refractivity contribution in [1.29, 1.82) is 0 Å². The van der Waals surface area contributed by atoms with E-state index in [1.807, 2.05) is 30.3 Å². The van der Waals surface area contributed by atoms with Crippen molar-refractivity contribution < 1.29 is 8.42 Å². The van der Waals surface area contributed by atoms with Gasteiger partial charge in [-0.2, -0.15) is 0 Å². The number of benzene rings is 3. The minimum absolute atomic E-state index is 0.309. The van der Waals surface area contributed by atoms with E-state index in [4.69, 9.17) is 23.2 Å². The van der Waals surface area contributed by atoms with Crippen molar-refractivity contribution in [2.45, 2.75) is 6.04 Å². The second-order valence-corrected chi connectivity index (χ2v) is 10.7. The van der Waals surface area contributed by atoms with E-state index >= 15 is 0 Å². The molecular weight excluding hydrogens is 493 g/mol. The molecule has 9 heteroatoms. The zero-order chi connectivity index (χ0) is 24.0. The summed E-state index contributed by atoms with van der Waals surface area (Å²) in [5.41, 5.74) is 5.92. The average Bonchev–Trinajstić information content (AvgIpc) is 3.25. The van der Waals surface area contributed by atoms with Gasteiger partial charge in [-0.1, -0.05) is 71.7 Å². The van der Waals surface area contributed by atoms with Crippen molar-refractivity contribution >= 4 is 49.8 Å². The summed E-state index contributed by atoms with van der Waals surface area (Å²) < 4.78 is 26.5. The Bertz CT molecular complexity index is 1620. The number of nitrogens with one attached hydrogen (secondary N) is 2. The van der Waals surface area contributed by atoms with Crippen molar-refractivity contribution in [1.82, 2.24) is 14.8 Å². The highest BCUT2D eigenvalue weighted by molar-refractivity contribution is 7.88. The standard InChI is InChI=1S/C25H19Cl2N3O3S/c1-34(32,33)30-22(17-9-5-6-10-19(17)27)14-21(29-30)24-23(15-7-3-2-4-8-15)18-13-16(26)11-12-20(18)28-25(24)31/h2-14,22,29H,1H3,(H,28,31)/t22-/m0/s1. The van der Waals surface area contributed by atoms with Crippen LogP contribution in [-0.2, 0) is 10.0 Å². The van der Waals surface area contributed by atoms with Gasteiger partial charge >= 0.3 is 0 Å². The number of H-pyrrole nitrogens is 1. The maximum atomic E-state index is 13.4. The maximum Gasteiger partial charge on any atom is 0.258 e. The predicted molar refractivity (Wildman–Crippen MR) is 137 cm³/mol. The number of hydrogen-bond donors (Lipinski definition) is 2. The number of nitrogens with zero attached hydrogens (tertiary/aromatic N) is 1. The molecule has 0 saturated carbocycles. The number of sulfonamides is 1. The Labute approximate surface area is 206 Å². The van der Waals surface area contributed by atoms with Gasteiger partial charge in [0.25, 0.3) is 5.56 Å². The number of hydrazine groups is 1. The number of rotatable bonds is 4. The molecule has 0 saturated heterocycles. The Morgan fingerprint density at radius 2 is 1.62 bits per heavy atom. The van der Waals surface area contributed by atoms with Gasteiger partial charge in [0.15, 0.2) is 0 Å². The Morgan fingerprint density at radius 1 is 0.912 bits per heavy atom. The second-order valence-electron chi connectivity index (χ2n) is 7.98. The van der Waals surface area contributed by atoms with Crippen LogP contribution < -0.4 is 11.0 Å². The summed E-state index contributed by atoms with van der Waals surface area (Å²) >= 11 is 12.7. The molecule has 5 rings (SSSR count). The highest BCUT2D eigenvalue weighted by atomic mass is 35.5. The molecule has 2 heterocycles. The van der Waals surface area contributed by atoms with Crippen molar-refractivity contribution in [3.8, 4) is 11.1 Å². The monoisotopic (exact) mass is 511 g/mol. The van der Waals surface area contributed by atoms with Crippen LogP contribution in [0.4, 0.5) is 0 Å². The number of aromatic amines is 1. The van der Waals surface area contributed by atoms with Crippen molar-refractivity contribution in [3.63, 3.8) is 0 Å². The van der Waals surface area contributed by atoms with E-state index in [-0.39, 0.29) is 5.56 Å². The van der Waals surface area contributed by atoms with Crippen LogP contribution in [0.2, 0.25) is 10.0 Å². The molecule has 0 bridgehead atoms. The summed E-state index contributed by atoms with van der Waals surface area (Å²) in [7, 11) is -3.72. The molecule has 34 heavy (non-hydrogen) atoms. The molecule has 6 nitrogen and oxygen atoms in total. The SMILES string of the molecule is CS(=O)(=O)N1NC(c2c(-c3ccccc3)c3cc(Cl)ccc3[nH]c2=O)=C[C@H]1c1ccccc1Cl. The van der Waals surface area contributed by atoms with Crippen LogP contribution in [0.1, 0.15) is 17.2 Å². The van der Waals surface area contributed by atoms with Gasteiger partial charge in [0.05, 0.1) is 23.6 Å². The summed E-state index contributed by atoms with van der Waals surface area (Å²) in [4.78, 5) is 16.3. The van der Waals surface area contributed by atoms with E-state index < -0.39 is 16.1 Å². The minimum Gasteiger partial charge on any atom is -0.321 e. The lowest BCUT2D eigenvalue weighted by molar-refractivity contribution is 0.351. The Hall–Kier alpha value is -3.10. The smallest absolute Gasteiger partial charge is 0.258 e. The lowest BCUT2D eigenvalue weighted by Crippen LogP contribution is -2.39. The highest BCUT2D eigenvalue weighted by Gasteiger charge is 2.36. The third-order valence-electron chi connectivity index (χ3n) is 5.70. The summed E-state index contributed by atoms with van der Waals surface area (Å²) in [5, 5.41) is 1.67. The van der Waals surface area contributed by atoms with Crippen molar-refractivity contribution in [3.05, 3.63) is 110 Å². The zero-order valence-corrected chi connectivity index (χ0v) is 20.2. The highest BCUT2D eigenvalue weighted by Crippen LogP contribution is 2.39. The molecule has 1 aliphatic rings. The summed E-state index contributed by atoms with van der Waals surface area (Å²) in [6.07, 6.45) is 2.80. The van der Waals surface area contributed by atoms with E-state index in [9.17, 15) is 13.2 Å². The van der Waals surface area contributed by atoms with Crippen molar-refractivity contribution in [2.75, 3.05) is 6.26 Å². The molecular formula is C25H19Cl2N3O3S. The van der Waals surface area contributed by atoms with Crippen LogP contribution in [0, 0.1) is 0 Å². The fourth-order valence-corrected chi connectivity index (χ4v) is 5.51. The molecule has 0 aliphatic carbocycles. The van der Waals surface area contributed by atoms with Crippen LogP contribution in [0.5, 0.6) is 0 Å². The molecule has 0 amide bonds. The number of fused-ring (bicyclic) bond motifs is 1. The quantitative estimate of drug-likeness (QED) is 0.386. The fourth-order valence-electron chi connectivity index (χ4n) is 4.24.